The van der Waals surface area contributed by atoms with E-state index in [0.717, 1.165) is 23.4 Å². The van der Waals surface area contributed by atoms with Gasteiger partial charge in [-0.2, -0.15) is 5.10 Å². The van der Waals surface area contributed by atoms with Crippen LogP contribution in [0.4, 0.5) is 0 Å². The summed E-state index contributed by atoms with van der Waals surface area (Å²) in [5.41, 5.74) is 2.41. The summed E-state index contributed by atoms with van der Waals surface area (Å²) >= 11 is 0. The first-order valence-electron chi connectivity index (χ1n) is 6.34. The first kappa shape index (κ1) is 14.7. The van der Waals surface area contributed by atoms with Crippen molar-refractivity contribution in [3.8, 4) is 0 Å². The Labute approximate surface area is 108 Å². The van der Waals surface area contributed by atoms with Crippen molar-refractivity contribution < 1.29 is 9.90 Å². The maximum atomic E-state index is 12.0. The molecule has 0 bridgehead atoms. The third kappa shape index (κ3) is 3.57. The number of aliphatic hydroxyl groups is 1. The summed E-state index contributed by atoms with van der Waals surface area (Å²) in [4.78, 5) is 12.0. The fraction of sp³-hybridized carbons (Fsp3) is 0.692. The molecular formula is C13H23N3O2. The Balaban J connectivity index is 2.67. The molecule has 0 saturated heterocycles. The number of aromatic nitrogens is 2. The van der Waals surface area contributed by atoms with E-state index in [1.807, 2.05) is 27.7 Å². The standard InChI is InChI=1S/C13H23N3O2/c1-5-13(4,6-7-17)14-12(18)8-11-9(2)15-16-10(11)3/h17H,5-8H2,1-4H3,(H,14,18)(H,15,16). The predicted octanol–water partition coefficient (Wildman–Crippen LogP) is 1.24. The van der Waals surface area contributed by atoms with Crippen molar-refractivity contribution in [2.24, 2.45) is 0 Å². The highest BCUT2D eigenvalue weighted by Crippen LogP contribution is 2.15. The van der Waals surface area contributed by atoms with Crippen molar-refractivity contribution in [2.45, 2.75) is 52.5 Å². The van der Waals surface area contributed by atoms with Crippen molar-refractivity contribution in [1.29, 1.82) is 0 Å². The minimum atomic E-state index is -0.336. The van der Waals surface area contributed by atoms with Crippen LogP contribution >= 0.6 is 0 Å². The van der Waals surface area contributed by atoms with Gasteiger partial charge in [0.1, 0.15) is 0 Å². The van der Waals surface area contributed by atoms with Crippen molar-refractivity contribution >= 4 is 5.91 Å². The summed E-state index contributed by atoms with van der Waals surface area (Å²) in [6, 6.07) is 0. The number of carbonyl (C=O) groups excluding carboxylic acids is 1. The molecule has 1 unspecified atom stereocenters. The van der Waals surface area contributed by atoms with Gasteiger partial charge < -0.3 is 10.4 Å². The number of aliphatic hydroxyl groups excluding tert-OH is 1. The van der Waals surface area contributed by atoms with Crippen molar-refractivity contribution in [2.75, 3.05) is 6.61 Å². The highest BCUT2D eigenvalue weighted by atomic mass is 16.3. The van der Waals surface area contributed by atoms with Gasteiger partial charge >= 0.3 is 0 Å². The largest absolute Gasteiger partial charge is 0.396 e. The Morgan fingerprint density at radius 3 is 2.61 bits per heavy atom. The summed E-state index contributed by atoms with van der Waals surface area (Å²) in [7, 11) is 0. The molecule has 0 saturated carbocycles. The number of carbonyl (C=O) groups is 1. The van der Waals surface area contributed by atoms with Crippen LogP contribution in [0.2, 0.25) is 0 Å². The molecule has 0 radical (unpaired) electrons. The lowest BCUT2D eigenvalue weighted by molar-refractivity contribution is -0.122. The van der Waals surface area contributed by atoms with Gasteiger partial charge in [-0.1, -0.05) is 6.92 Å². The quantitative estimate of drug-likeness (QED) is 0.713. The zero-order chi connectivity index (χ0) is 13.8. The van der Waals surface area contributed by atoms with E-state index in [1.165, 1.54) is 0 Å². The average molecular weight is 253 g/mol. The van der Waals surface area contributed by atoms with Gasteiger partial charge in [0, 0.05) is 23.4 Å². The first-order chi connectivity index (χ1) is 8.41. The zero-order valence-electron chi connectivity index (χ0n) is 11.6. The van der Waals surface area contributed by atoms with E-state index < -0.39 is 0 Å². The summed E-state index contributed by atoms with van der Waals surface area (Å²) < 4.78 is 0. The van der Waals surface area contributed by atoms with Gasteiger partial charge in [-0.25, -0.2) is 0 Å². The number of rotatable bonds is 6. The Morgan fingerprint density at radius 1 is 1.50 bits per heavy atom. The van der Waals surface area contributed by atoms with Crippen LogP contribution in [-0.2, 0) is 11.2 Å². The molecule has 5 nitrogen and oxygen atoms in total. The summed E-state index contributed by atoms with van der Waals surface area (Å²) in [6.07, 6.45) is 1.69. The van der Waals surface area contributed by atoms with E-state index in [1.54, 1.807) is 0 Å². The van der Waals surface area contributed by atoms with Crippen LogP contribution in [0.15, 0.2) is 0 Å². The molecule has 0 aliphatic rings. The van der Waals surface area contributed by atoms with Gasteiger partial charge in [-0.3, -0.25) is 9.89 Å². The molecular weight excluding hydrogens is 230 g/mol. The molecule has 5 heteroatoms. The van der Waals surface area contributed by atoms with E-state index in [2.05, 4.69) is 15.5 Å². The highest BCUT2D eigenvalue weighted by molar-refractivity contribution is 5.79. The SMILES string of the molecule is CCC(C)(CCO)NC(=O)Cc1c(C)n[nH]c1C. The number of aromatic amines is 1. The van der Waals surface area contributed by atoms with Crippen molar-refractivity contribution in [1.82, 2.24) is 15.5 Å². The molecule has 102 valence electrons. The summed E-state index contributed by atoms with van der Waals surface area (Å²) in [6.45, 7) is 7.84. The number of nitrogens with one attached hydrogen (secondary N) is 2. The summed E-state index contributed by atoms with van der Waals surface area (Å²) in [5, 5.41) is 19.0. The van der Waals surface area contributed by atoms with Gasteiger partial charge in [0.05, 0.1) is 12.1 Å². The fourth-order valence-corrected chi connectivity index (χ4v) is 1.95. The van der Waals surface area contributed by atoms with Crippen LogP contribution in [0, 0.1) is 13.8 Å². The Bertz CT molecular complexity index is 395. The number of hydrogen-bond acceptors (Lipinski definition) is 3. The maximum absolute atomic E-state index is 12.0. The Kier molecular flexibility index (Phi) is 4.90. The molecule has 18 heavy (non-hydrogen) atoms. The maximum Gasteiger partial charge on any atom is 0.224 e. The normalized spacial score (nSPS) is 14.3. The minimum absolute atomic E-state index is 0.0274. The van der Waals surface area contributed by atoms with Crippen LogP contribution in [0.3, 0.4) is 0 Å². The molecule has 1 heterocycles. The van der Waals surface area contributed by atoms with E-state index in [0.29, 0.717) is 12.8 Å². The second-order valence-corrected chi connectivity index (χ2v) is 5.03. The molecule has 1 amide bonds. The molecule has 1 atom stereocenters. The van der Waals surface area contributed by atoms with E-state index in [4.69, 9.17) is 5.11 Å². The molecule has 0 spiro atoms. The van der Waals surface area contributed by atoms with Gasteiger partial charge in [-0.15, -0.1) is 0 Å². The van der Waals surface area contributed by atoms with Crippen molar-refractivity contribution in [3.05, 3.63) is 17.0 Å². The Hall–Kier alpha value is -1.36. The second kappa shape index (κ2) is 6.00. The predicted molar refractivity (Wildman–Crippen MR) is 70.3 cm³/mol. The molecule has 1 aromatic heterocycles. The number of H-pyrrole nitrogens is 1. The lowest BCUT2D eigenvalue weighted by Crippen LogP contribution is -2.46. The monoisotopic (exact) mass is 253 g/mol. The number of aryl methyl sites for hydroxylation is 2. The Morgan fingerprint density at radius 2 is 2.17 bits per heavy atom. The van der Waals surface area contributed by atoms with Gasteiger partial charge in [-0.05, 0) is 33.6 Å². The fourth-order valence-electron chi connectivity index (χ4n) is 1.95. The summed E-state index contributed by atoms with van der Waals surface area (Å²) in [5.74, 6) is -0.0274. The van der Waals surface area contributed by atoms with Crippen LogP contribution in [0.5, 0.6) is 0 Å². The highest BCUT2D eigenvalue weighted by Gasteiger charge is 2.24. The lowest BCUT2D eigenvalue weighted by Gasteiger charge is -2.29. The molecule has 1 aromatic rings. The van der Waals surface area contributed by atoms with Gasteiger partial charge in [0.25, 0.3) is 0 Å². The molecule has 1 rings (SSSR count). The number of nitrogens with zero attached hydrogens (tertiary/aromatic N) is 1. The van der Waals surface area contributed by atoms with Crippen molar-refractivity contribution in [3.63, 3.8) is 0 Å². The third-order valence-corrected chi connectivity index (χ3v) is 3.50. The minimum Gasteiger partial charge on any atom is -0.396 e. The van der Waals surface area contributed by atoms with Crippen LogP contribution in [0.25, 0.3) is 0 Å². The molecule has 0 aliphatic carbocycles. The molecule has 0 aliphatic heterocycles. The topological polar surface area (TPSA) is 78.0 Å². The number of amides is 1. The van der Waals surface area contributed by atoms with E-state index in [9.17, 15) is 4.79 Å². The zero-order valence-corrected chi connectivity index (χ0v) is 11.6. The first-order valence-corrected chi connectivity index (χ1v) is 6.34. The molecule has 0 fully saturated rings. The van der Waals surface area contributed by atoms with Gasteiger partial charge in [0.2, 0.25) is 5.91 Å². The molecule has 3 N–H and O–H groups in total. The van der Waals surface area contributed by atoms with Crippen LogP contribution < -0.4 is 5.32 Å². The molecule has 0 aromatic carbocycles. The van der Waals surface area contributed by atoms with Crippen LogP contribution in [-0.4, -0.2) is 33.4 Å². The van der Waals surface area contributed by atoms with E-state index in [-0.39, 0.29) is 18.1 Å². The van der Waals surface area contributed by atoms with Gasteiger partial charge in [0.15, 0.2) is 0 Å². The second-order valence-electron chi connectivity index (χ2n) is 5.03. The smallest absolute Gasteiger partial charge is 0.224 e. The van der Waals surface area contributed by atoms with Crippen LogP contribution in [0.1, 0.15) is 43.6 Å². The number of hydrogen-bond donors (Lipinski definition) is 3. The van der Waals surface area contributed by atoms with E-state index >= 15 is 0 Å². The lowest BCUT2D eigenvalue weighted by atomic mass is 9.94. The third-order valence-electron chi connectivity index (χ3n) is 3.50. The average Bonchev–Trinajstić information content (AvgIpc) is 2.61.